The van der Waals surface area contributed by atoms with Crippen molar-refractivity contribution < 1.29 is 171 Å². The number of rotatable bonds is 4. The van der Waals surface area contributed by atoms with Crippen LogP contribution in [0.2, 0.25) is 0 Å². The monoisotopic (exact) mass is 958 g/mol. The van der Waals surface area contributed by atoms with Crippen LogP contribution in [0, 0.1) is 51.4 Å². The van der Waals surface area contributed by atoms with Gasteiger partial charge in [0.2, 0.25) is 5.95 Å². The Morgan fingerprint density at radius 3 is 2.65 bits per heavy atom. The van der Waals surface area contributed by atoms with Crippen molar-refractivity contribution >= 4 is 29.7 Å². The summed E-state index contributed by atoms with van der Waals surface area (Å²) in [5.74, 6) is 0.979. The van der Waals surface area contributed by atoms with Crippen LogP contribution >= 0.6 is 0 Å². The summed E-state index contributed by atoms with van der Waals surface area (Å²) in [6.45, 7) is 1.16. The summed E-state index contributed by atoms with van der Waals surface area (Å²) >= 11 is 0. The largest absolute Gasteiger partial charge is 1.00 e. The third kappa shape index (κ3) is 11.2. The molecule has 3 heterocycles. The van der Waals surface area contributed by atoms with Gasteiger partial charge >= 0.3 is 70.3 Å². The Morgan fingerprint density at radius 1 is 1.26 bits per heavy atom. The molecule has 1 saturated heterocycles. The first-order valence-electron chi connectivity index (χ1n) is 8.25. The number of hydrogen-bond donors (Lipinski definition) is 3. The number of anilines is 3. The molecule has 2 aromatic heterocycles. The number of hydrogen-bond acceptors (Lipinski definition) is 7. The fourth-order valence-electron chi connectivity index (χ4n) is 2.67. The molecule has 11 nitrogen and oxygen atoms in total. The minimum atomic E-state index is -1.19. The van der Waals surface area contributed by atoms with E-state index in [0.717, 1.165) is 6.42 Å². The van der Waals surface area contributed by atoms with Gasteiger partial charge in [-0.15, -0.1) is 5.10 Å². The van der Waals surface area contributed by atoms with E-state index in [9.17, 15) is 9.59 Å². The van der Waals surface area contributed by atoms with E-state index in [-0.39, 0.29) is 174 Å². The minimum Gasteiger partial charge on any atom is -0.465 e. The predicted molar refractivity (Wildman–Crippen MR) is 97.4 cm³/mol. The standard InChI is InChI=1S/C16H19N8O3.Ra.Rb.Re.Y/c1-23(15(25)20-13-5-2-7-18-22-13)11-4-3-9-24(10-11)14-17-8-6-12(19-14)21-16(26)27;;;;/h2,4-8,11H,3,9-10H2,1H3,(H,26,27)(H,17,19,21)(H,20,22,25);;;;/q-1;;+1;;. The second kappa shape index (κ2) is 17.9. The molecule has 1 atom stereocenters. The molecule has 31 heavy (non-hydrogen) atoms. The van der Waals surface area contributed by atoms with Gasteiger partial charge in [0.1, 0.15) is 5.82 Å². The number of amides is 3. The Morgan fingerprint density at radius 2 is 2.00 bits per heavy atom. The molecule has 2 aromatic rings. The normalized spacial score (nSPS) is 14.4. The minimum absolute atomic E-state index is 0. The van der Waals surface area contributed by atoms with Crippen molar-refractivity contribution in [3.8, 4) is 0 Å². The topological polar surface area (TPSA) is 136 Å². The van der Waals surface area contributed by atoms with E-state index in [1.165, 1.54) is 18.5 Å². The predicted octanol–water partition coefficient (Wildman–Crippen LogP) is -1.70. The van der Waals surface area contributed by atoms with Crippen molar-refractivity contribution in [2.45, 2.75) is 12.5 Å². The van der Waals surface area contributed by atoms with Crippen LogP contribution in [0.1, 0.15) is 6.42 Å². The van der Waals surface area contributed by atoms with E-state index in [1.807, 2.05) is 11.3 Å². The molecule has 3 N–H and O–H groups in total. The Labute approximate surface area is 304 Å². The number of carbonyl (C=O) groups is 2. The summed E-state index contributed by atoms with van der Waals surface area (Å²) in [6, 6.07) is 4.35. The summed E-state index contributed by atoms with van der Waals surface area (Å²) in [6.07, 6.45) is 4.61. The third-order valence-corrected chi connectivity index (χ3v) is 4.03. The van der Waals surface area contributed by atoms with Crippen molar-refractivity contribution in [2.24, 2.45) is 0 Å². The van der Waals surface area contributed by atoms with Crippen LogP contribution in [-0.4, -0.2) is 68.5 Å². The van der Waals surface area contributed by atoms with E-state index in [0.29, 0.717) is 24.9 Å². The zero-order valence-corrected chi connectivity index (χ0v) is 33.6. The number of likely N-dealkylation sites (N-methyl/N-ethyl adjacent to an activating group) is 1. The Kier molecular flexibility index (Phi) is 20.0. The number of carboxylic acid groups (broad SMARTS) is 1. The molecule has 4 radical (unpaired) electrons. The Hall–Kier alpha value is 1.54. The maximum atomic E-state index is 12.4. The van der Waals surface area contributed by atoms with Crippen molar-refractivity contribution in [2.75, 3.05) is 35.7 Å². The number of piperidine rings is 1. The van der Waals surface area contributed by atoms with Gasteiger partial charge in [0, 0.05) is 124 Å². The molecule has 1 unspecified atom stereocenters. The van der Waals surface area contributed by atoms with Gasteiger partial charge in [-0.2, -0.15) is 16.5 Å². The first-order valence-corrected chi connectivity index (χ1v) is 8.25. The zero-order valence-electron chi connectivity index (χ0n) is 17.3. The van der Waals surface area contributed by atoms with Crippen LogP contribution in [0.25, 0.3) is 0 Å². The summed E-state index contributed by atoms with van der Waals surface area (Å²) in [5, 5.41) is 21.3. The molecular formula is C16H19N8O3RaRbReY. The van der Waals surface area contributed by atoms with Crippen LogP contribution < -0.4 is 73.7 Å². The smallest absolute Gasteiger partial charge is 0.465 e. The van der Waals surface area contributed by atoms with Gasteiger partial charge in [-0.1, -0.05) is 6.04 Å². The number of aromatic nitrogens is 4. The molecule has 0 aromatic carbocycles. The van der Waals surface area contributed by atoms with Crippen LogP contribution in [0.5, 0.6) is 0 Å². The van der Waals surface area contributed by atoms with E-state index in [4.69, 9.17) is 5.11 Å². The van der Waals surface area contributed by atoms with Crippen molar-refractivity contribution in [3.05, 3.63) is 37.0 Å². The number of nitrogens with zero attached hydrogens (tertiary/aromatic N) is 6. The number of nitrogens with one attached hydrogen (secondary N) is 2. The van der Waals surface area contributed by atoms with Gasteiger partial charge in [0.25, 0.3) is 0 Å². The quantitative estimate of drug-likeness (QED) is 0.310. The maximum absolute atomic E-state index is 12.4. The van der Waals surface area contributed by atoms with Gasteiger partial charge in [0.15, 0.2) is 5.82 Å². The van der Waals surface area contributed by atoms with Crippen LogP contribution in [0.15, 0.2) is 30.6 Å². The first kappa shape index (κ1) is 34.7. The molecule has 3 rings (SSSR count). The van der Waals surface area contributed by atoms with E-state index < -0.39 is 6.09 Å². The van der Waals surface area contributed by atoms with Crippen molar-refractivity contribution in [3.63, 3.8) is 0 Å². The molecule has 0 aliphatic carbocycles. The van der Waals surface area contributed by atoms with Gasteiger partial charge < -0.3 is 21.3 Å². The maximum Gasteiger partial charge on any atom is 1.00 e. The molecule has 1 aliphatic heterocycles. The molecule has 3 amide bonds. The van der Waals surface area contributed by atoms with E-state index in [2.05, 4.69) is 30.8 Å². The summed E-state index contributed by atoms with van der Waals surface area (Å²) < 4.78 is 0. The summed E-state index contributed by atoms with van der Waals surface area (Å²) in [5.41, 5.74) is 0. The third-order valence-electron chi connectivity index (χ3n) is 4.03. The molecule has 15 heteroatoms. The molecule has 0 saturated carbocycles. The van der Waals surface area contributed by atoms with Crippen LogP contribution in [-0.2, 0) is 53.1 Å². The molecule has 154 valence electrons. The average Bonchev–Trinajstić information content (AvgIpc) is 2.68. The summed E-state index contributed by atoms with van der Waals surface area (Å²) in [4.78, 5) is 35.1. The fourth-order valence-corrected chi connectivity index (χ4v) is 2.67. The second-order valence-electron chi connectivity index (χ2n) is 5.86. The summed E-state index contributed by atoms with van der Waals surface area (Å²) in [7, 11) is 1.69. The molecule has 1 aliphatic rings. The Balaban J connectivity index is 0. The SMILES string of the molecule is CN(C(=O)Nc1cccnn1)C1[CH-]CCN(c2nccc(NC(=O)O)n2)C1.[Ra].[Rb+].[Re].[Y]. The van der Waals surface area contributed by atoms with Crippen LogP contribution in [0.3, 0.4) is 0 Å². The van der Waals surface area contributed by atoms with Gasteiger partial charge in [-0.05, 0) is 24.7 Å². The molecule has 0 bridgehead atoms. The molecular weight excluding hydrogens is 939 g/mol. The first-order chi connectivity index (χ1) is 13.0. The molecule has 0 spiro atoms. The van der Waals surface area contributed by atoms with Crippen molar-refractivity contribution in [1.29, 1.82) is 0 Å². The van der Waals surface area contributed by atoms with Crippen molar-refractivity contribution in [1.82, 2.24) is 25.1 Å². The number of carbonyl (C=O) groups excluding carboxylic acids is 1. The van der Waals surface area contributed by atoms with E-state index in [1.54, 1.807) is 24.1 Å². The van der Waals surface area contributed by atoms with E-state index >= 15 is 0 Å². The Bertz CT molecular complexity index is 828. The zero-order chi connectivity index (χ0) is 19.2. The molecule has 1 fully saturated rings. The average molecular weight is 958 g/mol. The van der Waals surface area contributed by atoms with Gasteiger partial charge in [-0.3, -0.25) is 10.6 Å². The fraction of sp³-hybridized carbons (Fsp3) is 0.312. The number of urea groups is 1. The second-order valence-corrected chi connectivity index (χ2v) is 5.86. The van der Waals surface area contributed by atoms with Gasteiger partial charge in [-0.25, -0.2) is 14.6 Å². The van der Waals surface area contributed by atoms with Gasteiger partial charge in [0.05, 0.1) is 0 Å². The van der Waals surface area contributed by atoms with Crippen LogP contribution in [0.4, 0.5) is 27.2 Å².